The lowest BCUT2D eigenvalue weighted by atomic mass is 9.89. The smallest absolute Gasteiger partial charge is 0.245 e. The Hall–Kier alpha value is -1.84. The molecule has 2 amide bonds. The van der Waals surface area contributed by atoms with Crippen LogP contribution in [0.4, 0.5) is 0 Å². The average molecular weight is 316 g/mol. The molecule has 1 atom stereocenters. The second-order valence-corrected chi connectivity index (χ2v) is 6.88. The molecule has 0 bridgehead atoms. The highest BCUT2D eigenvalue weighted by Crippen LogP contribution is 2.22. The van der Waals surface area contributed by atoms with Gasteiger partial charge >= 0.3 is 0 Å². The number of nitrogens with zero attached hydrogens (tertiary/aromatic N) is 1. The number of hydrogen-bond donors (Lipinski definition) is 1. The zero-order valence-corrected chi connectivity index (χ0v) is 14.4. The predicted molar refractivity (Wildman–Crippen MR) is 91.9 cm³/mol. The maximum absolute atomic E-state index is 12.7. The van der Waals surface area contributed by atoms with Crippen LogP contribution in [0.2, 0.25) is 0 Å². The van der Waals surface area contributed by atoms with Crippen LogP contribution in [0, 0.1) is 11.8 Å². The van der Waals surface area contributed by atoms with E-state index in [2.05, 4.69) is 29.6 Å². The molecule has 23 heavy (non-hydrogen) atoms. The van der Waals surface area contributed by atoms with Gasteiger partial charge in [-0.1, -0.05) is 44.2 Å². The van der Waals surface area contributed by atoms with Crippen molar-refractivity contribution in [3.63, 3.8) is 0 Å². The highest BCUT2D eigenvalue weighted by atomic mass is 16.2. The lowest BCUT2D eigenvalue weighted by Crippen LogP contribution is -2.52. The average Bonchev–Trinajstić information content (AvgIpc) is 2.53. The van der Waals surface area contributed by atoms with Gasteiger partial charge in [-0.25, -0.2) is 0 Å². The van der Waals surface area contributed by atoms with Gasteiger partial charge in [-0.3, -0.25) is 9.59 Å². The molecule has 1 heterocycles. The molecule has 4 heteroatoms. The first-order valence-corrected chi connectivity index (χ1v) is 8.57. The number of rotatable bonds is 5. The Balaban J connectivity index is 1.87. The van der Waals surface area contributed by atoms with Crippen LogP contribution in [0.1, 0.15) is 39.2 Å². The van der Waals surface area contributed by atoms with Crippen LogP contribution in [0.25, 0.3) is 0 Å². The standard InChI is InChI=1S/C19H28N2O2/c1-14(2)18(20-15(3)22)19(23)21-11-9-17(10-12-21)13-16-7-5-4-6-8-16/h4-8,14,17-18H,9-13H2,1-3H3,(H,20,22)/t18-/m0/s1. The molecular weight excluding hydrogens is 288 g/mol. The largest absolute Gasteiger partial charge is 0.344 e. The normalized spacial score (nSPS) is 17.1. The SMILES string of the molecule is CC(=O)N[C@H](C(=O)N1CCC(Cc2ccccc2)CC1)C(C)C. The first kappa shape index (κ1) is 17.5. The number of nitrogens with one attached hydrogen (secondary N) is 1. The summed E-state index contributed by atoms with van der Waals surface area (Å²) in [6.07, 6.45) is 3.15. The summed E-state index contributed by atoms with van der Waals surface area (Å²) in [7, 11) is 0. The molecule has 2 rings (SSSR count). The van der Waals surface area contributed by atoms with E-state index in [9.17, 15) is 9.59 Å². The first-order chi connectivity index (χ1) is 11.0. The fourth-order valence-electron chi connectivity index (χ4n) is 3.23. The van der Waals surface area contributed by atoms with Gasteiger partial charge in [0.15, 0.2) is 0 Å². The molecule has 126 valence electrons. The van der Waals surface area contributed by atoms with Crippen LogP contribution in [-0.4, -0.2) is 35.8 Å². The zero-order chi connectivity index (χ0) is 16.8. The molecule has 0 spiro atoms. The second-order valence-electron chi connectivity index (χ2n) is 6.88. The molecule has 0 radical (unpaired) electrons. The van der Waals surface area contributed by atoms with Crippen LogP contribution in [0.15, 0.2) is 30.3 Å². The van der Waals surface area contributed by atoms with Gasteiger partial charge in [-0.15, -0.1) is 0 Å². The van der Waals surface area contributed by atoms with E-state index in [1.54, 1.807) is 0 Å². The van der Waals surface area contributed by atoms with Gasteiger partial charge in [0, 0.05) is 20.0 Å². The van der Waals surface area contributed by atoms with Crippen molar-refractivity contribution in [1.82, 2.24) is 10.2 Å². The maximum Gasteiger partial charge on any atom is 0.245 e. The summed E-state index contributed by atoms with van der Waals surface area (Å²) in [6.45, 7) is 6.99. The van der Waals surface area contributed by atoms with Crippen LogP contribution in [-0.2, 0) is 16.0 Å². The van der Waals surface area contributed by atoms with E-state index in [4.69, 9.17) is 0 Å². The van der Waals surface area contributed by atoms with Crippen molar-refractivity contribution in [2.75, 3.05) is 13.1 Å². The Morgan fingerprint density at radius 3 is 2.30 bits per heavy atom. The van der Waals surface area contributed by atoms with Crippen molar-refractivity contribution in [1.29, 1.82) is 0 Å². The molecular formula is C19H28N2O2. The summed E-state index contributed by atoms with van der Waals surface area (Å²) in [5.41, 5.74) is 1.37. The highest BCUT2D eigenvalue weighted by Gasteiger charge is 2.30. The summed E-state index contributed by atoms with van der Waals surface area (Å²) in [5, 5.41) is 2.80. The van der Waals surface area contributed by atoms with Crippen molar-refractivity contribution < 1.29 is 9.59 Å². The van der Waals surface area contributed by atoms with E-state index in [0.717, 1.165) is 32.4 Å². The Kier molecular flexibility index (Phi) is 6.20. The van der Waals surface area contributed by atoms with Gasteiger partial charge < -0.3 is 10.2 Å². The quantitative estimate of drug-likeness (QED) is 0.908. The fraction of sp³-hybridized carbons (Fsp3) is 0.579. The maximum atomic E-state index is 12.7. The molecule has 0 aromatic heterocycles. The van der Waals surface area contributed by atoms with Crippen LogP contribution >= 0.6 is 0 Å². The lowest BCUT2D eigenvalue weighted by Gasteiger charge is -2.35. The van der Waals surface area contributed by atoms with Crippen molar-refractivity contribution in [3.8, 4) is 0 Å². The molecule has 0 unspecified atom stereocenters. The molecule has 1 aliphatic rings. The van der Waals surface area contributed by atoms with Gasteiger partial charge in [0.05, 0.1) is 0 Å². The number of hydrogen-bond acceptors (Lipinski definition) is 2. The Labute approximate surface area is 139 Å². The van der Waals surface area contributed by atoms with Crippen LogP contribution in [0.5, 0.6) is 0 Å². The Morgan fingerprint density at radius 1 is 1.17 bits per heavy atom. The molecule has 1 aromatic carbocycles. The lowest BCUT2D eigenvalue weighted by molar-refractivity contribution is -0.138. The van der Waals surface area contributed by atoms with Crippen LogP contribution < -0.4 is 5.32 Å². The van der Waals surface area contributed by atoms with Crippen LogP contribution in [0.3, 0.4) is 0 Å². The summed E-state index contributed by atoms with van der Waals surface area (Å²) >= 11 is 0. The first-order valence-electron chi connectivity index (χ1n) is 8.57. The molecule has 4 nitrogen and oxygen atoms in total. The number of carbonyl (C=O) groups is 2. The van der Waals surface area contributed by atoms with E-state index in [0.29, 0.717) is 5.92 Å². The van der Waals surface area contributed by atoms with Crippen molar-refractivity contribution in [2.24, 2.45) is 11.8 Å². The zero-order valence-electron chi connectivity index (χ0n) is 14.4. The molecule has 0 aliphatic carbocycles. The molecule has 1 aliphatic heterocycles. The summed E-state index contributed by atoms with van der Waals surface area (Å²) < 4.78 is 0. The van der Waals surface area contributed by atoms with E-state index in [1.165, 1.54) is 12.5 Å². The molecule has 1 saturated heterocycles. The van der Waals surface area contributed by atoms with E-state index in [1.807, 2.05) is 24.8 Å². The Bertz CT molecular complexity index is 519. The topological polar surface area (TPSA) is 49.4 Å². The predicted octanol–water partition coefficient (Wildman–Crippen LogP) is 2.63. The molecule has 1 fully saturated rings. The van der Waals surface area contributed by atoms with E-state index < -0.39 is 6.04 Å². The fourth-order valence-corrected chi connectivity index (χ4v) is 3.23. The van der Waals surface area contributed by atoms with Crippen molar-refractivity contribution in [2.45, 2.75) is 46.1 Å². The minimum Gasteiger partial charge on any atom is -0.344 e. The Morgan fingerprint density at radius 2 is 1.78 bits per heavy atom. The second kappa shape index (κ2) is 8.14. The third kappa shape index (κ3) is 5.08. The van der Waals surface area contributed by atoms with Gasteiger partial charge in [0.25, 0.3) is 0 Å². The molecule has 1 N–H and O–H groups in total. The monoisotopic (exact) mass is 316 g/mol. The molecule has 1 aromatic rings. The van der Waals surface area contributed by atoms with Gasteiger partial charge in [-0.2, -0.15) is 0 Å². The molecule has 0 saturated carbocycles. The minimum absolute atomic E-state index is 0.0633. The van der Waals surface area contributed by atoms with Gasteiger partial charge in [0.1, 0.15) is 6.04 Å². The number of likely N-dealkylation sites (tertiary alicyclic amines) is 1. The van der Waals surface area contributed by atoms with Crippen molar-refractivity contribution >= 4 is 11.8 Å². The van der Waals surface area contributed by atoms with Gasteiger partial charge in [-0.05, 0) is 36.7 Å². The number of carbonyl (C=O) groups excluding carboxylic acids is 2. The van der Waals surface area contributed by atoms with Gasteiger partial charge in [0.2, 0.25) is 11.8 Å². The minimum atomic E-state index is -0.404. The number of piperidine rings is 1. The third-order valence-electron chi connectivity index (χ3n) is 4.58. The highest BCUT2D eigenvalue weighted by molar-refractivity contribution is 5.87. The van der Waals surface area contributed by atoms with E-state index >= 15 is 0 Å². The number of benzene rings is 1. The summed E-state index contributed by atoms with van der Waals surface area (Å²) in [4.78, 5) is 25.9. The van der Waals surface area contributed by atoms with E-state index in [-0.39, 0.29) is 17.7 Å². The summed E-state index contributed by atoms with van der Waals surface area (Å²) in [6, 6.07) is 10.1. The third-order valence-corrected chi connectivity index (χ3v) is 4.58. The number of amides is 2. The summed E-state index contributed by atoms with van der Waals surface area (Å²) in [5.74, 6) is 0.664. The van der Waals surface area contributed by atoms with Crippen molar-refractivity contribution in [3.05, 3.63) is 35.9 Å².